The van der Waals surface area contributed by atoms with E-state index in [1.54, 1.807) is 6.07 Å². The third-order valence-electron chi connectivity index (χ3n) is 5.19. The number of hydrogen-bond acceptors (Lipinski definition) is 4. The van der Waals surface area contributed by atoms with Crippen LogP contribution in [0.5, 0.6) is 0 Å². The number of amides is 1. The number of hydrogen-bond donors (Lipinski definition) is 1. The van der Waals surface area contributed by atoms with Crippen LogP contribution in [0.2, 0.25) is 0 Å². The number of nitrogens with zero attached hydrogens (tertiary/aromatic N) is 3. The number of rotatable bonds is 4. The standard InChI is InChI=1S/C21H24N4O2/c1-14(2)19-11-18(24-27-19)21(26)25-10-6-9-16(13-25)20-17(12-22-23-20)15-7-4-3-5-8-15/h3-5,7-8,11-12,14,16H,6,9-10,13H2,1-2H3,(H,22,23)/t16-/m1/s1. The molecule has 1 aromatic carbocycles. The van der Waals surface area contributed by atoms with Crippen LogP contribution >= 0.6 is 0 Å². The third-order valence-corrected chi connectivity index (χ3v) is 5.19. The highest BCUT2D eigenvalue weighted by atomic mass is 16.5. The van der Waals surface area contributed by atoms with Gasteiger partial charge in [-0.3, -0.25) is 9.89 Å². The monoisotopic (exact) mass is 364 g/mol. The molecule has 1 fully saturated rings. The molecule has 1 saturated heterocycles. The fourth-order valence-corrected chi connectivity index (χ4v) is 3.68. The molecule has 0 aliphatic carbocycles. The van der Waals surface area contributed by atoms with Gasteiger partial charge >= 0.3 is 0 Å². The van der Waals surface area contributed by atoms with Crippen LogP contribution < -0.4 is 0 Å². The van der Waals surface area contributed by atoms with Gasteiger partial charge in [0.05, 0.1) is 6.20 Å². The second-order valence-electron chi connectivity index (χ2n) is 7.42. The van der Waals surface area contributed by atoms with Gasteiger partial charge in [-0.25, -0.2) is 0 Å². The molecule has 1 aliphatic heterocycles. The van der Waals surface area contributed by atoms with E-state index in [4.69, 9.17) is 4.52 Å². The van der Waals surface area contributed by atoms with Gasteiger partial charge in [0.1, 0.15) is 5.76 Å². The minimum Gasteiger partial charge on any atom is -0.360 e. The molecule has 6 nitrogen and oxygen atoms in total. The lowest BCUT2D eigenvalue weighted by Gasteiger charge is -2.32. The van der Waals surface area contributed by atoms with Crippen molar-refractivity contribution < 1.29 is 9.32 Å². The predicted molar refractivity (Wildman–Crippen MR) is 102 cm³/mol. The average Bonchev–Trinajstić information content (AvgIpc) is 3.38. The quantitative estimate of drug-likeness (QED) is 0.752. The van der Waals surface area contributed by atoms with Gasteiger partial charge in [-0.15, -0.1) is 0 Å². The SMILES string of the molecule is CC(C)c1cc(C(=O)N2CCC[C@@H](c3[nH]ncc3-c3ccccc3)C2)no1. The van der Waals surface area contributed by atoms with Crippen molar-refractivity contribution in [2.24, 2.45) is 0 Å². The summed E-state index contributed by atoms with van der Waals surface area (Å²) in [7, 11) is 0. The summed E-state index contributed by atoms with van der Waals surface area (Å²) in [6, 6.07) is 12.0. The van der Waals surface area contributed by atoms with Crippen molar-refractivity contribution in [1.82, 2.24) is 20.3 Å². The largest absolute Gasteiger partial charge is 0.360 e. The molecule has 6 heteroatoms. The van der Waals surface area contributed by atoms with E-state index in [2.05, 4.69) is 27.5 Å². The van der Waals surface area contributed by atoms with E-state index in [0.717, 1.165) is 42.0 Å². The number of aromatic nitrogens is 3. The summed E-state index contributed by atoms with van der Waals surface area (Å²) in [5, 5.41) is 11.4. The summed E-state index contributed by atoms with van der Waals surface area (Å²) in [5.74, 6) is 1.13. The first-order valence-electron chi connectivity index (χ1n) is 9.48. The van der Waals surface area contributed by atoms with Gasteiger partial charge in [-0.1, -0.05) is 49.3 Å². The highest BCUT2D eigenvalue weighted by molar-refractivity contribution is 5.92. The van der Waals surface area contributed by atoms with E-state index in [9.17, 15) is 4.79 Å². The third kappa shape index (κ3) is 3.52. The molecule has 140 valence electrons. The van der Waals surface area contributed by atoms with Crippen molar-refractivity contribution in [3.8, 4) is 11.1 Å². The van der Waals surface area contributed by atoms with E-state index < -0.39 is 0 Å². The average molecular weight is 364 g/mol. The smallest absolute Gasteiger partial charge is 0.276 e. The molecule has 1 N–H and O–H groups in total. The molecule has 3 aromatic rings. The predicted octanol–water partition coefficient (Wildman–Crippen LogP) is 4.21. The van der Waals surface area contributed by atoms with Crippen LogP contribution in [0, 0.1) is 0 Å². The first-order valence-corrected chi connectivity index (χ1v) is 9.48. The highest BCUT2D eigenvalue weighted by Gasteiger charge is 2.29. The minimum absolute atomic E-state index is 0.0591. The second-order valence-corrected chi connectivity index (χ2v) is 7.42. The Hall–Kier alpha value is -2.89. The summed E-state index contributed by atoms with van der Waals surface area (Å²) in [6.07, 6.45) is 3.86. The number of carbonyl (C=O) groups excluding carboxylic acids is 1. The van der Waals surface area contributed by atoms with Gasteiger partial charge in [-0.05, 0) is 18.4 Å². The Balaban J connectivity index is 1.54. The first-order chi connectivity index (χ1) is 13.1. The Morgan fingerprint density at radius 1 is 1.30 bits per heavy atom. The first kappa shape index (κ1) is 17.5. The van der Waals surface area contributed by atoms with Gasteiger partial charge in [0.25, 0.3) is 5.91 Å². The van der Waals surface area contributed by atoms with Gasteiger partial charge in [0.2, 0.25) is 0 Å². The van der Waals surface area contributed by atoms with Crippen molar-refractivity contribution >= 4 is 5.91 Å². The van der Waals surface area contributed by atoms with Crippen molar-refractivity contribution in [3.05, 3.63) is 59.7 Å². The number of piperidine rings is 1. The molecule has 0 saturated carbocycles. The summed E-state index contributed by atoms with van der Waals surface area (Å²) in [6.45, 7) is 5.45. The maximum atomic E-state index is 12.9. The number of benzene rings is 1. The number of nitrogens with one attached hydrogen (secondary N) is 1. The topological polar surface area (TPSA) is 75.0 Å². The fraction of sp³-hybridized carbons (Fsp3) is 0.381. The summed E-state index contributed by atoms with van der Waals surface area (Å²) >= 11 is 0. The number of aromatic amines is 1. The van der Waals surface area contributed by atoms with Gasteiger partial charge < -0.3 is 9.42 Å². The molecule has 0 radical (unpaired) electrons. The van der Waals surface area contributed by atoms with Crippen LogP contribution in [0.3, 0.4) is 0 Å². The number of carbonyl (C=O) groups is 1. The van der Waals surface area contributed by atoms with Crippen molar-refractivity contribution in [3.63, 3.8) is 0 Å². The van der Waals surface area contributed by atoms with Crippen LogP contribution in [-0.4, -0.2) is 39.3 Å². The van der Waals surface area contributed by atoms with Crippen molar-refractivity contribution in [2.45, 2.75) is 38.5 Å². The van der Waals surface area contributed by atoms with Gasteiger partial charge in [0.15, 0.2) is 5.69 Å². The molecule has 27 heavy (non-hydrogen) atoms. The van der Waals surface area contributed by atoms with Crippen LogP contribution in [-0.2, 0) is 0 Å². The van der Waals surface area contributed by atoms with Crippen LogP contribution in [0.4, 0.5) is 0 Å². The van der Waals surface area contributed by atoms with E-state index in [1.165, 1.54) is 0 Å². The highest BCUT2D eigenvalue weighted by Crippen LogP contribution is 2.33. The molecule has 2 aromatic heterocycles. The van der Waals surface area contributed by atoms with E-state index >= 15 is 0 Å². The molecular formula is C21H24N4O2. The van der Waals surface area contributed by atoms with Gasteiger partial charge in [0, 0.05) is 42.2 Å². The Morgan fingerprint density at radius 2 is 2.11 bits per heavy atom. The molecule has 1 aliphatic rings. The van der Waals surface area contributed by atoms with E-state index in [1.807, 2.05) is 43.1 Å². The lowest BCUT2D eigenvalue weighted by Crippen LogP contribution is -2.39. The molecule has 0 bridgehead atoms. The Labute approximate surface area is 158 Å². The number of likely N-dealkylation sites (tertiary alicyclic amines) is 1. The summed E-state index contributed by atoms with van der Waals surface area (Å²) < 4.78 is 5.30. The number of H-pyrrole nitrogens is 1. The van der Waals surface area contributed by atoms with E-state index in [-0.39, 0.29) is 17.7 Å². The van der Waals surface area contributed by atoms with Crippen LogP contribution in [0.25, 0.3) is 11.1 Å². The normalized spacial score (nSPS) is 17.4. The van der Waals surface area contributed by atoms with E-state index in [0.29, 0.717) is 12.2 Å². The molecular weight excluding hydrogens is 340 g/mol. The van der Waals surface area contributed by atoms with Gasteiger partial charge in [-0.2, -0.15) is 5.10 Å². The molecule has 1 amide bonds. The lowest BCUT2D eigenvalue weighted by molar-refractivity contribution is 0.0695. The zero-order valence-electron chi connectivity index (χ0n) is 15.7. The zero-order chi connectivity index (χ0) is 18.8. The summed E-state index contributed by atoms with van der Waals surface area (Å²) in [5.41, 5.74) is 3.75. The van der Waals surface area contributed by atoms with Crippen LogP contribution in [0.1, 0.15) is 60.5 Å². The lowest BCUT2D eigenvalue weighted by atomic mass is 9.90. The second kappa shape index (κ2) is 7.39. The van der Waals surface area contributed by atoms with Crippen LogP contribution in [0.15, 0.2) is 47.1 Å². The zero-order valence-corrected chi connectivity index (χ0v) is 15.7. The Kier molecular flexibility index (Phi) is 4.79. The molecule has 0 unspecified atom stereocenters. The minimum atomic E-state index is -0.0591. The maximum Gasteiger partial charge on any atom is 0.276 e. The summed E-state index contributed by atoms with van der Waals surface area (Å²) in [4.78, 5) is 14.8. The van der Waals surface area contributed by atoms with Crippen molar-refractivity contribution in [1.29, 1.82) is 0 Å². The fourth-order valence-electron chi connectivity index (χ4n) is 3.68. The molecule has 4 rings (SSSR count). The maximum absolute atomic E-state index is 12.9. The molecule has 3 heterocycles. The molecule has 0 spiro atoms. The molecule has 1 atom stereocenters. The van der Waals surface area contributed by atoms with Crippen molar-refractivity contribution in [2.75, 3.05) is 13.1 Å². The Bertz CT molecular complexity index is 913. The Morgan fingerprint density at radius 3 is 2.85 bits per heavy atom.